The fourth-order valence-corrected chi connectivity index (χ4v) is 3.31. The molecule has 0 aliphatic carbocycles. The third-order valence-corrected chi connectivity index (χ3v) is 4.80. The van der Waals surface area contributed by atoms with E-state index >= 15 is 0 Å². The van der Waals surface area contributed by atoms with Gasteiger partial charge in [-0.15, -0.1) is 10.2 Å². The van der Waals surface area contributed by atoms with E-state index in [1.165, 1.54) is 0 Å². The molecule has 2 aromatic rings. The van der Waals surface area contributed by atoms with Gasteiger partial charge in [0.15, 0.2) is 11.0 Å². The highest BCUT2D eigenvalue weighted by Gasteiger charge is 2.18. The summed E-state index contributed by atoms with van der Waals surface area (Å²) in [6.07, 6.45) is 1.13. The van der Waals surface area contributed by atoms with Crippen LogP contribution in [-0.2, 0) is 16.5 Å². The molecular weight excluding hydrogens is 310 g/mol. The number of rotatable bonds is 4. The Hall–Kier alpha value is -1.08. The predicted molar refractivity (Wildman–Crippen MR) is 82.5 cm³/mol. The van der Waals surface area contributed by atoms with Crippen LogP contribution < -0.4 is 0 Å². The fourth-order valence-electron chi connectivity index (χ4n) is 2.12. The molecule has 5 nitrogen and oxygen atoms in total. The average Bonchev–Trinajstić information content (AvgIpc) is 2.88. The normalized spacial score (nSPS) is 18.9. The number of thioether (sulfide) groups is 1. The number of nitrogens with zero attached hydrogens (tertiary/aromatic N) is 3. The summed E-state index contributed by atoms with van der Waals surface area (Å²) in [6.45, 7) is 1.14. The van der Waals surface area contributed by atoms with Crippen molar-refractivity contribution >= 4 is 23.4 Å². The van der Waals surface area contributed by atoms with Gasteiger partial charge >= 0.3 is 0 Å². The van der Waals surface area contributed by atoms with E-state index in [9.17, 15) is 0 Å². The summed E-state index contributed by atoms with van der Waals surface area (Å²) < 4.78 is 12.7. The first-order chi connectivity index (χ1) is 10.3. The number of halogens is 1. The van der Waals surface area contributed by atoms with Crippen LogP contribution in [0.1, 0.15) is 6.42 Å². The zero-order chi connectivity index (χ0) is 14.7. The summed E-state index contributed by atoms with van der Waals surface area (Å²) in [5.74, 6) is 1.62. The average molecular weight is 326 g/mol. The summed E-state index contributed by atoms with van der Waals surface area (Å²) in [7, 11) is 1.95. The standard InChI is InChI=1S/C14H16ClN3O2S/c1-18-13(11-4-2-3-5-12(11)15)16-17-14(18)21-8-10-6-7-19-9-20-10/h2-5,10H,6-9H2,1H3/t10-/m0/s1. The monoisotopic (exact) mass is 325 g/mol. The van der Waals surface area contributed by atoms with E-state index in [1.807, 2.05) is 35.9 Å². The van der Waals surface area contributed by atoms with Crippen molar-refractivity contribution in [1.29, 1.82) is 0 Å². The van der Waals surface area contributed by atoms with E-state index < -0.39 is 0 Å². The Morgan fingerprint density at radius 3 is 3.00 bits per heavy atom. The van der Waals surface area contributed by atoms with E-state index in [4.69, 9.17) is 21.1 Å². The molecule has 0 unspecified atom stereocenters. The van der Waals surface area contributed by atoms with Crippen LogP contribution in [0.15, 0.2) is 29.4 Å². The zero-order valence-electron chi connectivity index (χ0n) is 11.7. The Labute approximate surface area is 132 Å². The molecule has 1 fully saturated rings. The molecule has 0 radical (unpaired) electrons. The zero-order valence-corrected chi connectivity index (χ0v) is 13.2. The molecule has 1 saturated heterocycles. The molecule has 1 aliphatic heterocycles. The van der Waals surface area contributed by atoms with Crippen molar-refractivity contribution < 1.29 is 9.47 Å². The van der Waals surface area contributed by atoms with Crippen molar-refractivity contribution in [3.8, 4) is 11.4 Å². The molecule has 0 bridgehead atoms. The summed E-state index contributed by atoms with van der Waals surface area (Å²) >= 11 is 7.86. The van der Waals surface area contributed by atoms with E-state index in [1.54, 1.807) is 11.8 Å². The van der Waals surface area contributed by atoms with Gasteiger partial charge in [0.25, 0.3) is 0 Å². The minimum absolute atomic E-state index is 0.212. The Morgan fingerprint density at radius 1 is 1.38 bits per heavy atom. The maximum atomic E-state index is 6.22. The highest BCUT2D eigenvalue weighted by atomic mass is 35.5. The molecule has 2 heterocycles. The molecule has 112 valence electrons. The lowest BCUT2D eigenvalue weighted by molar-refractivity contribution is -0.130. The molecule has 1 aromatic heterocycles. The number of hydrogen-bond donors (Lipinski definition) is 0. The molecule has 1 aromatic carbocycles. The van der Waals surface area contributed by atoms with Gasteiger partial charge < -0.3 is 14.0 Å². The first-order valence-electron chi connectivity index (χ1n) is 6.72. The summed E-state index contributed by atoms with van der Waals surface area (Å²) in [4.78, 5) is 0. The van der Waals surface area contributed by atoms with E-state index in [0.29, 0.717) is 11.8 Å². The second kappa shape index (κ2) is 6.79. The second-order valence-electron chi connectivity index (χ2n) is 4.76. The van der Waals surface area contributed by atoms with Gasteiger partial charge in [-0.3, -0.25) is 0 Å². The first kappa shape index (κ1) is 14.8. The van der Waals surface area contributed by atoms with Crippen LogP contribution >= 0.6 is 23.4 Å². The molecular formula is C14H16ClN3O2S. The van der Waals surface area contributed by atoms with Crippen molar-refractivity contribution in [3.05, 3.63) is 29.3 Å². The Kier molecular flexibility index (Phi) is 4.80. The molecule has 21 heavy (non-hydrogen) atoms. The second-order valence-corrected chi connectivity index (χ2v) is 6.15. The van der Waals surface area contributed by atoms with Gasteiger partial charge in [0.2, 0.25) is 0 Å². The van der Waals surface area contributed by atoms with Gasteiger partial charge in [-0.25, -0.2) is 0 Å². The number of ether oxygens (including phenoxy) is 2. The third-order valence-electron chi connectivity index (χ3n) is 3.32. The Morgan fingerprint density at radius 2 is 2.24 bits per heavy atom. The van der Waals surface area contributed by atoms with Gasteiger partial charge in [0.1, 0.15) is 6.79 Å². The van der Waals surface area contributed by atoms with E-state index in [-0.39, 0.29) is 6.10 Å². The molecule has 0 amide bonds. The smallest absolute Gasteiger partial charge is 0.191 e. The molecule has 3 rings (SSSR count). The first-order valence-corrected chi connectivity index (χ1v) is 8.08. The lowest BCUT2D eigenvalue weighted by Crippen LogP contribution is -2.25. The van der Waals surface area contributed by atoms with Gasteiger partial charge in [0, 0.05) is 18.4 Å². The van der Waals surface area contributed by atoms with Crippen LogP contribution in [0.4, 0.5) is 0 Å². The molecule has 1 aliphatic rings. The third kappa shape index (κ3) is 3.40. The summed E-state index contributed by atoms with van der Waals surface area (Å²) in [5.41, 5.74) is 0.892. The molecule has 0 spiro atoms. The quantitative estimate of drug-likeness (QED) is 0.809. The molecule has 1 atom stereocenters. The van der Waals surface area contributed by atoms with Crippen LogP contribution in [0.2, 0.25) is 5.02 Å². The van der Waals surface area contributed by atoms with Crippen LogP contribution in [0.3, 0.4) is 0 Å². The van der Waals surface area contributed by atoms with Crippen LogP contribution in [-0.4, -0.2) is 40.0 Å². The highest BCUT2D eigenvalue weighted by molar-refractivity contribution is 7.99. The van der Waals surface area contributed by atoms with Gasteiger partial charge in [-0.05, 0) is 18.6 Å². The van der Waals surface area contributed by atoms with E-state index in [2.05, 4.69) is 10.2 Å². The van der Waals surface area contributed by atoms with Crippen molar-refractivity contribution in [2.75, 3.05) is 19.2 Å². The van der Waals surface area contributed by atoms with Crippen molar-refractivity contribution in [3.63, 3.8) is 0 Å². The number of hydrogen-bond acceptors (Lipinski definition) is 5. The molecule has 0 saturated carbocycles. The van der Waals surface area contributed by atoms with Gasteiger partial charge in [-0.2, -0.15) is 0 Å². The van der Waals surface area contributed by atoms with Crippen LogP contribution in [0.25, 0.3) is 11.4 Å². The molecule has 7 heteroatoms. The number of benzene rings is 1. The lowest BCUT2D eigenvalue weighted by atomic mass is 10.2. The maximum absolute atomic E-state index is 6.22. The maximum Gasteiger partial charge on any atom is 0.191 e. The number of aromatic nitrogens is 3. The molecule has 0 N–H and O–H groups in total. The summed E-state index contributed by atoms with van der Waals surface area (Å²) in [5, 5.41) is 10.0. The van der Waals surface area contributed by atoms with Gasteiger partial charge in [-0.1, -0.05) is 35.5 Å². The van der Waals surface area contributed by atoms with Crippen molar-refractivity contribution in [2.45, 2.75) is 17.7 Å². The SMILES string of the molecule is Cn1c(SC[C@@H]2CCOCO2)nnc1-c1ccccc1Cl. The summed E-state index contributed by atoms with van der Waals surface area (Å²) in [6, 6.07) is 7.65. The van der Waals surface area contributed by atoms with Crippen LogP contribution in [0, 0.1) is 0 Å². The minimum Gasteiger partial charge on any atom is -0.355 e. The lowest BCUT2D eigenvalue weighted by Gasteiger charge is -2.21. The topological polar surface area (TPSA) is 49.2 Å². The predicted octanol–water partition coefficient (Wildman–Crippen LogP) is 2.99. The highest BCUT2D eigenvalue weighted by Crippen LogP contribution is 2.28. The van der Waals surface area contributed by atoms with E-state index in [0.717, 1.165) is 35.3 Å². The fraction of sp³-hybridized carbons (Fsp3) is 0.429. The van der Waals surface area contributed by atoms with Crippen molar-refractivity contribution in [2.24, 2.45) is 7.05 Å². The Balaban J connectivity index is 1.72. The van der Waals surface area contributed by atoms with Crippen molar-refractivity contribution in [1.82, 2.24) is 14.8 Å². The minimum atomic E-state index is 0.212. The van der Waals surface area contributed by atoms with Crippen LogP contribution in [0.5, 0.6) is 0 Å². The Bertz CT molecular complexity index is 614. The van der Waals surface area contributed by atoms with Gasteiger partial charge in [0.05, 0.1) is 17.7 Å². The largest absolute Gasteiger partial charge is 0.355 e.